The van der Waals surface area contributed by atoms with Gasteiger partial charge in [0.2, 0.25) is 15.7 Å². The molecule has 0 heterocycles. The summed E-state index contributed by atoms with van der Waals surface area (Å²) in [4.78, 5) is 10.6. The maximum Gasteiger partial charge on any atom is 0.422 e. The van der Waals surface area contributed by atoms with Gasteiger partial charge in [-0.1, -0.05) is 6.42 Å². The summed E-state index contributed by atoms with van der Waals surface area (Å²) in [5, 5.41) is 10.6. The molecule has 0 saturated heterocycles. The topological polar surface area (TPSA) is 86.3 Å². The number of alkyl halides is 7. The van der Waals surface area contributed by atoms with Crippen LogP contribution in [0.5, 0.6) is 0 Å². The van der Waals surface area contributed by atoms with Crippen LogP contribution in [0.3, 0.4) is 0 Å². The summed E-state index contributed by atoms with van der Waals surface area (Å²) in [6.45, 7) is 0.0888. The lowest BCUT2D eigenvalue weighted by atomic mass is 9.88. The van der Waals surface area contributed by atoms with Crippen LogP contribution < -0.4 is 9.83 Å². The predicted molar refractivity (Wildman–Crippen MR) is 96.8 cm³/mol. The van der Waals surface area contributed by atoms with Crippen LogP contribution in [-0.2, 0) is 14.8 Å². The summed E-state index contributed by atoms with van der Waals surface area (Å²) in [7, 11) is -0.608. The zero-order valence-corrected chi connectivity index (χ0v) is 18.4. The molecule has 31 heavy (non-hydrogen) atoms. The van der Waals surface area contributed by atoms with E-state index in [1.54, 1.807) is 14.1 Å². The standard InChI is InChI=1S/C17H29F7N2O4S/c1-15(18,17(22,23)24)11-13(16(19,20)21)7-4-5-10-31(29,30)25-8-6-9-26(2,3)12-14(27)28/h13,25H,4-12H2,1-3H3. The van der Waals surface area contributed by atoms with Gasteiger partial charge in [-0.15, -0.1) is 0 Å². The van der Waals surface area contributed by atoms with E-state index in [0.717, 1.165) is 0 Å². The van der Waals surface area contributed by atoms with Gasteiger partial charge in [0.15, 0.2) is 0 Å². The van der Waals surface area contributed by atoms with E-state index in [1.165, 1.54) is 0 Å². The van der Waals surface area contributed by atoms with Gasteiger partial charge < -0.3 is 14.4 Å². The number of likely N-dealkylation sites (N-methyl/N-ethyl adjacent to an activating group) is 1. The zero-order valence-electron chi connectivity index (χ0n) is 17.6. The number of aliphatic carboxylic acids is 1. The van der Waals surface area contributed by atoms with E-state index in [1.807, 2.05) is 0 Å². The Hall–Kier alpha value is -1.15. The second-order valence-electron chi connectivity index (χ2n) is 8.39. The van der Waals surface area contributed by atoms with Crippen LogP contribution in [0, 0.1) is 5.92 Å². The molecule has 2 unspecified atom stereocenters. The third kappa shape index (κ3) is 12.5. The molecule has 0 bridgehead atoms. The molecule has 0 spiro atoms. The van der Waals surface area contributed by atoms with Crippen LogP contribution in [0.25, 0.3) is 0 Å². The van der Waals surface area contributed by atoms with Crippen LogP contribution in [0.1, 0.15) is 39.0 Å². The van der Waals surface area contributed by atoms with E-state index >= 15 is 0 Å². The molecule has 0 aliphatic carbocycles. The van der Waals surface area contributed by atoms with Gasteiger partial charge in [0, 0.05) is 19.4 Å². The molecule has 0 aromatic rings. The highest BCUT2D eigenvalue weighted by Crippen LogP contribution is 2.44. The Morgan fingerprint density at radius 3 is 2.03 bits per heavy atom. The largest absolute Gasteiger partial charge is 0.544 e. The highest BCUT2D eigenvalue weighted by atomic mass is 32.2. The third-order valence-corrected chi connectivity index (χ3v) is 6.19. The molecule has 0 saturated carbocycles. The average molecular weight is 490 g/mol. The van der Waals surface area contributed by atoms with Crippen molar-refractivity contribution in [1.82, 2.24) is 4.72 Å². The minimum absolute atomic E-state index is 0.0198. The Labute approximate surface area is 177 Å². The predicted octanol–water partition coefficient (Wildman–Crippen LogP) is 2.15. The first-order chi connectivity index (χ1) is 13.7. The molecule has 0 aliphatic heterocycles. The van der Waals surface area contributed by atoms with E-state index in [2.05, 4.69) is 4.72 Å². The van der Waals surface area contributed by atoms with Crippen LogP contribution in [-0.4, -0.2) is 76.4 Å². The number of carboxylic acid groups (broad SMARTS) is 1. The van der Waals surface area contributed by atoms with Crippen molar-refractivity contribution in [2.75, 3.05) is 39.5 Å². The normalized spacial score (nSPS) is 16.7. The molecule has 6 nitrogen and oxygen atoms in total. The van der Waals surface area contributed by atoms with Crippen LogP contribution in [0.2, 0.25) is 0 Å². The number of sulfonamides is 1. The van der Waals surface area contributed by atoms with Gasteiger partial charge >= 0.3 is 12.4 Å². The maximum atomic E-state index is 13.6. The summed E-state index contributed by atoms with van der Waals surface area (Å²) in [6, 6.07) is 0. The summed E-state index contributed by atoms with van der Waals surface area (Å²) in [5.74, 6) is -4.35. The molecule has 0 amide bonds. The number of carbonyl (C=O) groups excluding carboxylic acids is 1. The number of carboxylic acids is 1. The summed E-state index contributed by atoms with van der Waals surface area (Å²) >= 11 is 0. The van der Waals surface area contributed by atoms with Crippen molar-refractivity contribution in [1.29, 1.82) is 0 Å². The number of carbonyl (C=O) groups is 1. The van der Waals surface area contributed by atoms with E-state index in [0.29, 0.717) is 13.0 Å². The van der Waals surface area contributed by atoms with Gasteiger partial charge in [-0.3, -0.25) is 0 Å². The molecule has 0 rings (SSSR count). The zero-order chi connectivity index (χ0) is 24.7. The second kappa shape index (κ2) is 11.1. The van der Waals surface area contributed by atoms with E-state index in [-0.39, 0.29) is 37.3 Å². The molecule has 0 aromatic heterocycles. The summed E-state index contributed by atoms with van der Waals surface area (Å²) in [6.07, 6.45) is -13.4. The minimum Gasteiger partial charge on any atom is -0.544 e. The average Bonchev–Trinajstić information content (AvgIpc) is 2.51. The molecule has 186 valence electrons. The maximum absolute atomic E-state index is 13.6. The Bertz CT molecular complexity index is 677. The Morgan fingerprint density at radius 2 is 1.58 bits per heavy atom. The summed E-state index contributed by atoms with van der Waals surface area (Å²) in [5.41, 5.74) is -4.01. The van der Waals surface area contributed by atoms with E-state index in [4.69, 9.17) is 0 Å². The first-order valence-electron chi connectivity index (χ1n) is 9.50. The Balaban J connectivity index is 4.52. The fourth-order valence-corrected chi connectivity index (χ4v) is 4.06. The smallest absolute Gasteiger partial charge is 0.422 e. The number of unbranched alkanes of at least 4 members (excludes halogenated alkanes) is 1. The Morgan fingerprint density at radius 1 is 1.03 bits per heavy atom. The number of nitrogens with one attached hydrogen (secondary N) is 1. The van der Waals surface area contributed by atoms with Crippen molar-refractivity contribution < 1.29 is 53.5 Å². The quantitative estimate of drug-likeness (QED) is 0.230. The number of nitrogens with zero attached hydrogens (tertiary/aromatic N) is 1. The van der Waals surface area contributed by atoms with Crippen LogP contribution >= 0.6 is 0 Å². The Kier molecular flexibility index (Phi) is 10.7. The fraction of sp³-hybridized carbons (Fsp3) is 0.941. The lowest BCUT2D eigenvalue weighted by Crippen LogP contribution is -2.49. The highest BCUT2D eigenvalue weighted by Gasteiger charge is 2.56. The molecule has 0 aromatic carbocycles. The number of halogens is 7. The van der Waals surface area contributed by atoms with Crippen molar-refractivity contribution in [3.05, 3.63) is 0 Å². The van der Waals surface area contributed by atoms with Crippen LogP contribution in [0.15, 0.2) is 0 Å². The van der Waals surface area contributed by atoms with Gasteiger partial charge in [-0.2, -0.15) is 26.3 Å². The monoisotopic (exact) mass is 490 g/mol. The van der Waals surface area contributed by atoms with Gasteiger partial charge in [0.25, 0.3) is 0 Å². The molecule has 0 radical (unpaired) electrons. The molecule has 0 aliphatic rings. The fourth-order valence-electron chi connectivity index (χ4n) is 2.88. The lowest BCUT2D eigenvalue weighted by Gasteiger charge is -2.30. The summed E-state index contributed by atoms with van der Waals surface area (Å²) < 4.78 is 116. The van der Waals surface area contributed by atoms with Crippen molar-refractivity contribution >= 4 is 16.0 Å². The van der Waals surface area contributed by atoms with Crippen molar-refractivity contribution in [2.24, 2.45) is 5.92 Å². The van der Waals surface area contributed by atoms with E-state index < -0.39 is 58.5 Å². The van der Waals surface area contributed by atoms with Crippen molar-refractivity contribution in [2.45, 2.75) is 57.0 Å². The van der Waals surface area contributed by atoms with Crippen molar-refractivity contribution in [3.63, 3.8) is 0 Å². The number of rotatable bonds is 14. The molecular weight excluding hydrogens is 461 g/mol. The minimum atomic E-state index is -5.45. The SMILES string of the molecule is CC(F)(CC(CCCCS(=O)(=O)NCCC[N+](C)(C)CC(=O)[O-])C(F)(F)F)C(F)(F)F. The highest BCUT2D eigenvalue weighted by molar-refractivity contribution is 7.89. The van der Waals surface area contributed by atoms with Crippen molar-refractivity contribution in [3.8, 4) is 0 Å². The number of hydrogen-bond donors (Lipinski definition) is 1. The molecule has 2 atom stereocenters. The lowest BCUT2D eigenvalue weighted by molar-refractivity contribution is -0.884. The second-order valence-corrected chi connectivity index (χ2v) is 10.3. The van der Waals surface area contributed by atoms with Gasteiger partial charge in [-0.25, -0.2) is 17.5 Å². The van der Waals surface area contributed by atoms with E-state index in [9.17, 15) is 49.1 Å². The number of quaternary nitrogens is 1. The third-order valence-electron chi connectivity index (χ3n) is 4.72. The molecular formula is C17H29F7N2O4S. The van der Waals surface area contributed by atoms with Gasteiger partial charge in [0.05, 0.1) is 38.3 Å². The number of hydrogen-bond acceptors (Lipinski definition) is 4. The molecule has 1 N–H and O–H groups in total. The molecule has 0 fully saturated rings. The van der Waals surface area contributed by atoms with Gasteiger partial charge in [-0.05, 0) is 19.8 Å². The molecule has 14 heteroatoms. The van der Waals surface area contributed by atoms with Gasteiger partial charge in [0.1, 0.15) is 6.54 Å². The van der Waals surface area contributed by atoms with Crippen LogP contribution in [0.4, 0.5) is 30.7 Å². The first-order valence-corrected chi connectivity index (χ1v) is 11.2. The first kappa shape index (κ1) is 29.9.